The van der Waals surface area contributed by atoms with E-state index in [0.717, 1.165) is 0 Å². The van der Waals surface area contributed by atoms with Crippen molar-refractivity contribution in [2.24, 2.45) is 0 Å². The van der Waals surface area contributed by atoms with Gasteiger partial charge >= 0.3 is 18.1 Å². The highest BCUT2D eigenvalue weighted by atomic mass is 19.4. The summed E-state index contributed by atoms with van der Waals surface area (Å²) in [4.78, 5) is 26.3. The summed E-state index contributed by atoms with van der Waals surface area (Å²) in [5.74, 6) is -3.12. The molecule has 6 nitrogen and oxygen atoms in total. The number of amides is 2. The third kappa shape index (κ3) is 3.62. The lowest BCUT2D eigenvalue weighted by molar-refractivity contribution is -0.187. The fourth-order valence-electron chi connectivity index (χ4n) is 3.59. The number of hydrogen-bond donors (Lipinski definition) is 2. The lowest BCUT2D eigenvalue weighted by Crippen LogP contribution is -2.58. The summed E-state index contributed by atoms with van der Waals surface area (Å²) in [6.45, 7) is -1.68. The van der Waals surface area contributed by atoms with Crippen molar-refractivity contribution in [3.63, 3.8) is 0 Å². The summed E-state index contributed by atoms with van der Waals surface area (Å²) in [6, 6.07) is 4.00. The van der Waals surface area contributed by atoms with Crippen LogP contribution < -0.4 is 15.5 Å². The van der Waals surface area contributed by atoms with E-state index in [0.29, 0.717) is 18.8 Å². The quantitative estimate of drug-likeness (QED) is 0.590. The molecule has 2 heterocycles. The fraction of sp³-hybridized carbons (Fsp3) is 0.529. The third-order valence-electron chi connectivity index (χ3n) is 5.00. The Morgan fingerprint density at radius 1 is 1.11 bits per heavy atom. The number of carbonyl (C=O) groups is 2. The van der Waals surface area contributed by atoms with E-state index in [2.05, 4.69) is 5.32 Å². The highest BCUT2D eigenvalue weighted by Gasteiger charge is 2.61. The van der Waals surface area contributed by atoms with E-state index in [1.165, 1.54) is 10.2 Å². The Bertz CT molecular complexity index is 735. The van der Waals surface area contributed by atoms with Crippen LogP contribution in [0.15, 0.2) is 30.3 Å². The van der Waals surface area contributed by atoms with Gasteiger partial charge in [-0.3, -0.25) is 14.5 Å². The Hall–Kier alpha value is -2.43. The second kappa shape index (κ2) is 7.19. The first kappa shape index (κ1) is 20.3. The maximum absolute atomic E-state index is 14.7. The molecular weight excluding hydrogens is 387 g/mol. The minimum atomic E-state index is -4.84. The van der Waals surface area contributed by atoms with E-state index < -0.39 is 42.8 Å². The van der Waals surface area contributed by atoms with Crippen molar-refractivity contribution in [2.45, 2.75) is 30.6 Å². The van der Waals surface area contributed by atoms with Gasteiger partial charge in [-0.05, 0) is 38.1 Å². The minimum absolute atomic E-state index is 0.0665. The topological polar surface area (TPSA) is 64.7 Å². The highest BCUT2D eigenvalue weighted by molar-refractivity contribution is 5.97. The SMILES string of the molecule is O=C(NCC(F)(F)F)C(F)(F)N1CN(c2ccccc2)C2(CCNCC2)C1=O. The van der Waals surface area contributed by atoms with Gasteiger partial charge in [0, 0.05) is 5.69 Å². The van der Waals surface area contributed by atoms with E-state index in [1.54, 1.807) is 30.3 Å². The minimum Gasteiger partial charge on any atom is -0.340 e. The van der Waals surface area contributed by atoms with Gasteiger partial charge in [0.2, 0.25) is 0 Å². The zero-order chi connectivity index (χ0) is 20.6. The largest absolute Gasteiger partial charge is 0.408 e. The number of anilines is 1. The molecule has 2 amide bonds. The van der Waals surface area contributed by atoms with E-state index in [-0.39, 0.29) is 17.7 Å². The Morgan fingerprint density at radius 2 is 1.71 bits per heavy atom. The summed E-state index contributed by atoms with van der Waals surface area (Å²) in [7, 11) is 0. The van der Waals surface area contributed by atoms with Gasteiger partial charge in [-0.25, -0.2) is 0 Å². The van der Waals surface area contributed by atoms with Crippen molar-refractivity contribution in [2.75, 3.05) is 31.2 Å². The smallest absolute Gasteiger partial charge is 0.340 e. The van der Waals surface area contributed by atoms with Gasteiger partial charge in [0.05, 0.1) is 0 Å². The first-order valence-electron chi connectivity index (χ1n) is 8.66. The summed E-state index contributed by atoms with van der Waals surface area (Å²) >= 11 is 0. The highest BCUT2D eigenvalue weighted by Crippen LogP contribution is 2.41. The van der Waals surface area contributed by atoms with Crippen LogP contribution in [0, 0.1) is 0 Å². The molecule has 0 unspecified atom stereocenters. The molecule has 0 aliphatic carbocycles. The lowest BCUT2D eigenvalue weighted by atomic mass is 9.86. The number of para-hydroxylation sites is 1. The predicted molar refractivity (Wildman–Crippen MR) is 89.5 cm³/mol. The van der Waals surface area contributed by atoms with Crippen LogP contribution in [0.4, 0.5) is 27.6 Å². The van der Waals surface area contributed by atoms with Gasteiger partial charge in [0.25, 0.3) is 5.91 Å². The summed E-state index contributed by atoms with van der Waals surface area (Å²) in [5, 5.41) is 4.22. The third-order valence-corrected chi connectivity index (χ3v) is 5.00. The van der Waals surface area contributed by atoms with Crippen LogP contribution >= 0.6 is 0 Å². The second-order valence-corrected chi connectivity index (χ2v) is 6.76. The molecule has 3 rings (SSSR count). The van der Waals surface area contributed by atoms with Gasteiger partial charge in [-0.15, -0.1) is 0 Å². The second-order valence-electron chi connectivity index (χ2n) is 6.76. The van der Waals surface area contributed by atoms with Crippen LogP contribution in [0.2, 0.25) is 0 Å². The molecule has 0 aromatic heterocycles. The molecule has 2 aliphatic heterocycles. The van der Waals surface area contributed by atoms with E-state index >= 15 is 0 Å². The number of halogens is 5. The molecule has 2 N–H and O–H groups in total. The predicted octanol–water partition coefficient (Wildman–Crippen LogP) is 1.69. The zero-order valence-electron chi connectivity index (χ0n) is 14.7. The Morgan fingerprint density at radius 3 is 2.29 bits per heavy atom. The van der Waals surface area contributed by atoms with Crippen molar-refractivity contribution >= 4 is 17.5 Å². The normalized spacial score (nSPS) is 20.0. The lowest BCUT2D eigenvalue weighted by Gasteiger charge is -2.39. The molecule has 11 heteroatoms. The number of alkyl halides is 5. The zero-order valence-corrected chi connectivity index (χ0v) is 14.7. The van der Waals surface area contributed by atoms with E-state index in [4.69, 9.17) is 0 Å². The van der Waals surface area contributed by atoms with Crippen LogP contribution in [0.1, 0.15) is 12.8 Å². The van der Waals surface area contributed by atoms with Crippen molar-refractivity contribution in [1.82, 2.24) is 15.5 Å². The number of hydrogen-bond acceptors (Lipinski definition) is 4. The van der Waals surface area contributed by atoms with Crippen LogP contribution in [-0.4, -0.2) is 60.8 Å². The van der Waals surface area contributed by atoms with Gasteiger partial charge < -0.3 is 15.5 Å². The Kier molecular flexibility index (Phi) is 5.22. The van der Waals surface area contributed by atoms with E-state index in [1.807, 2.05) is 0 Å². The molecule has 1 aromatic rings. The number of rotatable bonds is 4. The first-order valence-corrected chi connectivity index (χ1v) is 8.66. The van der Waals surface area contributed by atoms with Crippen molar-refractivity contribution in [1.29, 1.82) is 0 Å². The molecule has 1 spiro atoms. The van der Waals surface area contributed by atoms with E-state index in [9.17, 15) is 31.5 Å². The van der Waals surface area contributed by atoms with Gasteiger partial charge in [0.1, 0.15) is 18.8 Å². The molecule has 154 valence electrons. The molecule has 0 radical (unpaired) electrons. The summed E-state index contributed by atoms with van der Waals surface area (Å²) in [5.41, 5.74) is -0.757. The molecule has 0 bridgehead atoms. The Balaban J connectivity index is 1.90. The average Bonchev–Trinajstić information content (AvgIpc) is 2.93. The fourth-order valence-corrected chi connectivity index (χ4v) is 3.59. The van der Waals surface area contributed by atoms with Crippen molar-refractivity contribution in [3.8, 4) is 0 Å². The van der Waals surface area contributed by atoms with Crippen molar-refractivity contribution < 1.29 is 31.5 Å². The van der Waals surface area contributed by atoms with Crippen molar-refractivity contribution in [3.05, 3.63) is 30.3 Å². The van der Waals surface area contributed by atoms with Gasteiger partial charge in [0.15, 0.2) is 0 Å². The molecule has 2 fully saturated rings. The number of nitrogens with zero attached hydrogens (tertiary/aromatic N) is 2. The monoisotopic (exact) mass is 406 g/mol. The molecule has 2 saturated heterocycles. The number of piperidine rings is 1. The van der Waals surface area contributed by atoms with Crippen LogP contribution in [0.25, 0.3) is 0 Å². The van der Waals surface area contributed by atoms with Crippen LogP contribution in [0.5, 0.6) is 0 Å². The number of nitrogens with one attached hydrogen (secondary N) is 2. The standard InChI is InChI=1S/C17H19F5N4O2/c18-16(19,20)10-24-13(27)17(21,22)26-11-25(12-4-2-1-3-5-12)15(14(26)28)6-8-23-9-7-15/h1-5,23H,6-11H2,(H,24,27). The molecule has 2 aliphatic rings. The Labute approximate surface area is 157 Å². The summed E-state index contributed by atoms with van der Waals surface area (Å²) in [6.07, 6.45) is -4.37. The molecule has 0 atom stereocenters. The molecule has 0 saturated carbocycles. The van der Waals surface area contributed by atoms with Gasteiger partial charge in [-0.2, -0.15) is 22.0 Å². The van der Waals surface area contributed by atoms with Crippen LogP contribution in [0.3, 0.4) is 0 Å². The summed E-state index contributed by atoms with van der Waals surface area (Å²) < 4.78 is 66.1. The molecular formula is C17H19F5N4O2. The number of carbonyl (C=O) groups excluding carboxylic acids is 2. The van der Waals surface area contributed by atoms with Gasteiger partial charge in [-0.1, -0.05) is 18.2 Å². The van der Waals surface area contributed by atoms with Crippen LogP contribution in [-0.2, 0) is 9.59 Å². The first-order chi connectivity index (χ1) is 13.1. The maximum Gasteiger partial charge on any atom is 0.408 e. The molecule has 1 aromatic carbocycles. The molecule has 28 heavy (non-hydrogen) atoms. The maximum atomic E-state index is 14.7. The average molecular weight is 406 g/mol. The number of benzene rings is 1.